The minimum Gasteiger partial charge on any atom is -0.493 e. The van der Waals surface area contributed by atoms with Crippen molar-refractivity contribution >= 4 is 12.0 Å². The van der Waals surface area contributed by atoms with E-state index in [9.17, 15) is 4.79 Å². The van der Waals surface area contributed by atoms with Gasteiger partial charge in [0.05, 0.1) is 20.8 Å². The Kier molecular flexibility index (Phi) is 7.09. The van der Waals surface area contributed by atoms with Gasteiger partial charge in [0.2, 0.25) is 0 Å². The molecule has 0 fully saturated rings. The zero-order chi connectivity index (χ0) is 18.9. The number of benzene rings is 2. The minimum atomic E-state index is -0.103. The normalized spacial score (nSPS) is 10.6. The predicted molar refractivity (Wildman–Crippen MR) is 103 cm³/mol. The van der Waals surface area contributed by atoms with Crippen molar-refractivity contribution in [2.75, 3.05) is 34.4 Å². The number of carbonyl (C=O) groups excluding carboxylic acids is 1. The highest BCUT2D eigenvalue weighted by molar-refractivity contribution is 5.95. The van der Waals surface area contributed by atoms with Crippen LogP contribution in [0.5, 0.6) is 17.2 Å². The van der Waals surface area contributed by atoms with E-state index in [-0.39, 0.29) is 5.91 Å². The molecule has 0 bridgehead atoms. The molecule has 0 aliphatic carbocycles. The molecule has 138 valence electrons. The standard InChI is InChI=1S/C21H25NO4/c1-5-9-16-14-17(15-19(24-3)20(16)25-4)21(23)22(2)12-13-26-18-10-7-6-8-11-18/h5-11,14-15H,12-13H2,1-4H3/b9-5+. The maximum absolute atomic E-state index is 12.8. The Balaban J connectivity index is 2.10. The summed E-state index contributed by atoms with van der Waals surface area (Å²) in [4.78, 5) is 14.4. The van der Waals surface area contributed by atoms with Gasteiger partial charge in [-0.15, -0.1) is 0 Å². The molecule has 2 rings (SSSR count). The molecule has 0 saturated heterocycles. The topological polar surface area (TPSA) is 48.0 Å². The molecule has 0 aromatic heterocycles. The smallest absolute Gasteiger partial charge is 0.253 e. The number of likely N-dealkylation sites (N-methyl/N-ethyl adjacent to an activating group) is 1. The number of ether oxygens (including phenoxy) is 3. The second-order valence-electron chi connectivity index (χ2n) is 5.69. The highest BCUT2D eigenvalue weighted by Gasteiger charge is 2.17. The number of allylic oxidation sites excluding steroid dienone is 1. The first-order valence-electron chi connectivity index (χ1n) is 8.42. The number of hydrogen-bond acceptors (Lipinski definition) is 4. The Morgan fingerprint density at radius 1 is 1.12 bits per heavy atom. The van der Waals surface area contributed by atoms with Crippen molar-refractivity contribution in [3.63, 3.8) is 0 Å². The van der Waals surface area contributed by atoms with Gasteiger partial charge in [0.1, 0.15) is 12.4 Å². The first-order chi connectivity index (χ1) is 12.6. The van der Waals surface area contributed by atoms with Crippen LogP contribution in [0.4, 0.5) is 0 Å². The molecule has 2 aromatic carbocycles. The minimum absolute atomic E-state index is 0.103. The third-order valence-corrected chi connectivity index (χ3v) is 3.89. The lowest BCUT2D eigenvalue weighted by atomic mass is 10.1. The lowest BCUT2D eigenvalue weighted by Crippen LogP contribution is -2.31. The van der Waals surface area contributed by atoms with E-state index in [1.807, 2.05) is 49.4 Å². The molecule has 0 aliphatic heterocycles. The summed E-state index contributed by atoms with van der Waals surface area (Å²) in [5.74, 6) is 1.82. The van der Waals surface area contributed by atoms with Crippen molar-refractivity contribution in [3.8, 4) is 17.2 Å². The van der Waals surface area contributed by atoms with Gasteiger partial charge in [-0.1, -0.05) is 30.4 Å². The Morgan fingerprint density at radius 2 is 1.85 bits per heavy atom. The molecule has 0 heterocycles. The Labute approximate surface area is 154 Å². The SMILES string of the molecule is C/C=C/c1cc(C(=O)N(C)CCOc2ccccc2)cc(OC)c1OC. The molecular formula is C21H25NO4. The molecule has 5 nitrogen and oxygen atoms in total. The van der Waals surface area contributed by atoms with Crippen LogP contribution in [0, 0.1) is 0 Å². The Bertz CT molecular complexity index is 756. The zero-order valence-corrected chi connectivity index (χ0v) is 15.7. The maximum Gasteiger partial charge on any atom is 0.253 e. The first-order valence-corrected chi connectivity index (χ1v) is 8.42. The predicted octanol–water partition coefficient (Wildman–Crippen LogP) is 3.89. The molecule has 2 aromatic rings. The molecule has 0 aliphatic rings. The molecule has 0 atom stereocenters. The Morgan fingerprint density at radius 3 is 2.46 bits per heavy atom. The van der Waals surface area contributed by atoms with Crippen molar-refractivity contribution in [1.82, 2.24) is 4.90 Å². The van der Waals surface area contributed by atoms with Crippen LogP contribution in [-0.4, -0.2) is 45.2 Å². The second kappa shape index (κ2) is 9.51. The molecule has 0 N–H and O–H groups in total. The fourth-order valence-electron chi connectivity index (χ4n) is 2.56. The van der Waals surface area contributed by atoms with Gasteiger partial charge in [0, 0.05) is 18.2 Å². The molecule has 0 spiro atoms. The maximum atomic E-state index is 12.8. The molecule has 5 heteroatoms. The van der Waals surface area contributed by atoms with Gasteiger partial charge in [-0.2, -0.15) is 0 Å². The van der Waals surface area contributed by atoms with Crippen LogP contribution in [0.3, 0.4) is 0 Å². The summed E-state index contributed by atoms with van der Waals surface area (Å²) >= 11 is 0. The van der Waals surface area contributed by atoms with Gasteiger partial charge in [0.15, 0.2) is 11.5 Å². The van der Waals surface area contributed by atoms with Crippen LogP contribution in [0.15, 0.2) is 48.5 Å². The third-order valence-electron chi connectivity index (χ3n) is 3.89. The summed E-state index contributed by atoms with van der Waals surface area (Å²) in [6.07, 6.45) is 3.78. The molecule has 0 unspecified atom stereocenters. The second-order valence-corrected chi connectivity index (χ2v) is 5.69. The summed E-state index contributed by atoms with van der Waals surface area (Å²) in [7, 11) is 4.89. The number of nitrogens with zero attached hydrogens (tertiary/aromatic N) is 1. The van der Waals surface area contributed by atoms with Crippen LogP contribution < -0.4 is 14.2 Å². The van der Waals surface area contributed by atoms with Crippen molar-refractivity contribution in [2.45, 2.75) is 6.92 Å². The third kappa shape index (κ3) is 4.79. The number of rotatable bonds is 8. The van der Waals surface area contributed by atoms with Crippen LogP contribution >= 0.6 is 0 Å². The zero-order valence-electron chi connectivity index (χ0n) is 15.7. The monoisotopic (exact) mass is 355 g/mol. The summed E-state index contributed by atoms with van der Waals surface area (Å²) in [5.41, 5.74) is 1.34. The summed E-state index contributed by atoms with van der Waals surface area (Å²) in [6.45, 7) is 2.80. The van der Waals surface area contributed by atoms with E-state index in [0.717, 1.165) is 11.3 Å². The van der Waals surface area contributed by atoms with E-state index in [1.54, 1.807) is 38.3 Å². The van der Waals surface area contributed by atoms with E-state index < -0.39 is 0 Å². The lowest BCUT2D eigenvalue weighted by Gasteiger charge is -2.19. The van der Waals surface area contributed by atoms with E-state index in [0.29, 0.717) is 30.2 Å². The lowest BCUT2D eigenvalue weighted by molar-refractivity contribution is 0.0773. The van der Waals surface area contributed by atoms with Gasteiger partial charge in [-0.25, -0.2) is 0 Å². The molecule has 1 amide bonds. The molecular weight excluding hydrogens is 330 g/mol. The number of para-hydroxylation sites is 1. The molecule has 0 radical (unpaired) electrons. The highest BCUT2D eigenvalue weighted by Crippen LogP contribution is 2.33. The average molecular weight is 355 g/mol. The molecule has 0 saturated carbocycles. The highest BCUT2D eigenvalue weighted by atomic mass is 16.5. The number of hydrogen-bond donors (Lipinski definition) is 0. The fourth-order valence-corrected chi connectivity index (χ4v) is 2.56. The van der Waals surface area contributed by atoms with E-state index in [1.165, 1.54) is 0 Å². The molecule has 26 heavy (non-hydrogen) atoms. The van der Waals surface area contributed by atoms with Crippen molar-refractivity contribution in [1.29, 1.82) is 0 Å². The quantitative estimate of drug-likeness (QED) is 0.721. The van der Waals surface area contributed by atoms with Gasteiger partial charge in [0.25, 0.3) is 5.91 Å². The van der Waals surface area contributed by atoms with Gasteiger partial charge < -0.3 is 19.1 Å². The van der Waals surface area contributed by atoms with Gasteiger partial charge in [-0.05, 0) is 31.2 Å². The number of methoxy groups -OCH3 is 2. The van der Waals surface area contributed by atoms with Gasteiger partial charge in [-0.3, -0.25) is 4.79 Å². The van der Waals surface area contributed by atoms with E-state index >= 15 is 0 Å². The number of carbonyl (C=O) groups is 1. The van der Waals surface area contributed by atoms with E-state index in [2.05, 4.69) is 0 Å². The van der Waals surface area contributed by atoms with Gasteiger partial charge >= 0.3 is 0 Å². The van der Waals surface area contributed by atoms with Crippen LogP contribution in [0.2, 0.25) is 0 Å². The van der Waals surface area contributed by atoms with E-state index in [4.69, 9.17) is 14.2 Å². The summed E-state index contributed by atoms with van der Waals surface area (Å²) in [5, 5.41) is 0. The largest absolute Gasteiger partial charge is 0.493 e. The van der Waals surface area contributed by atoms with Crippen molar-refractivity contribution in [3.05, 3.63) is 59.7 Å². The summed E-state index contributed by atoms with van der Waals surface area (Å²) in [6, 6.07) is 13.0. The fraction of sp³-hybridized carbons (Fsp3) is 0.286. The van der Waals surface area contributed by atoms with Crippen molar-refractivity contribution in [2.24, 2.45) is 0 Å². The average Bonchev–Trinajstić information content (AvgIpc) is 2.67. The van der Waals surface area contributed by atoms with Crippen LogP contribution in [0.1, 0.15) is 22.8 Å². The first kappa shape index (κ1) is 19.4. The number of amides is 1. The summed E-state index contributed by atoms with van der Waals surface area (Å²) < 4.78 is 16.4. The van der Waals surface area contributed by atoms with Crippen LogP contribution in [-0.2, 0) is 0 Å². The van der Waals surface area contributed by atoms with Crippen LogP contribution in [0.25, 0.3) is 6.08 Å². The Hall–Kier alpha value is -2.95. The van der Waals surface area contributed by atoms with Crippen molar-refractivity contribution < 1.29 is 19.0 Å².